The lowest BCUT2D eigenvalue weighted by atomic mass is 9.96. The van der Waals surface area contributed by atoms with Crippen LogP contribution in [0.3, 0.4) is 0 Å². The monoisotopic (exact) mass is 567 g/mol. The van der Waals surface area contributed by atoms with E-state index >= 15 is 0 Å². The first-order chi connectivity index (χ1) is 19.2. The highest BCUT2D eigenvalue weighted by Gasteiger charge is 2.42. The van der Waals surface area contributed by atoms with Crippen LogP contribution >= 0.6 is 11.6 Å². The molecular weight excluding hydrogens is 533 g/mol. The Morgan fingerprint density at radius 3 is 2.42 bits per heavy atom. The maximum absolute atomic E-state index is 13.4. The molecule has 1 atom stereocenters. The number of hydrogen-bond acceptors (Lipinski definition) is 5. The summed E-state index contributed by atoms with van der Waals surface area (Å²) in [7, 11) is 3.63. The molecule has 212 valence electrons. The fraction of sp³-hybridized carbons (Fsp3) is 0.355. The molecule has 2 amide bonds. The highest BCUT2D eigenvalue weighted by molar-refractivity contribution is 6.30. The number of benzene rings is 3. The second-order valence-corrected chi connectivity index (χ2v) is 10.6. The first-order valence-electron chi connectivity index (χ1n) is 13.3. The van der Waals surface area contributed by atoms with Crippen molar-refractivity contribution in [3.63, 3.8) is 0 Å². The lowest BCUT2D eigenvalue weighted by Gasteiger charge is -2.42. The van der Waals surface area contributed by atoms with Gasteiger partial charge in [0.2, 0.25) is 11.8 Å². The molecule has 0 radical (unpaired) electrons. The molecule has 3 aromatic rings. The molecule has 3 aromatic carbocycles. The number of carbonyl (C=O) groups is 2. The van der Waals surface area contributed by atoms with Gasteiger partial charge < -0.3 is 24.2 Å². The molecule has 1 aliphatic rings. The van der Waals surface area contributed by atoms with Gasteiger partial charge in [-0.1, -0.05) is 41.9 Å². The van der Waals surface area contributed by atoms with Crippen LogP contribution in [0.5, 0.6) is 5.75 Å². The van der Waals surface area contributed by atoms with Crippen molar-refractivity contribution in [2.45, 2.75) is 25.0 Å². The fourth-order valence-electron chi connectivity index (χ4n) is 4.65. The van der Waals surface area contributed by atoms with Crippen molar-refractivity contribution in [3.8, 4) is 5.75 Å². The van der Waals surface area contributed by atoms with E-state index in [-0.39, 0.29) is 43.6 Å². The highest BCUT2D eigenvalue weighted by Crippen LogP contribution is 2.27. The van der Waals surface area contributed by atoms with Gasteiger partial charge in [0, 0.05) is 50.9 Å². The van der Waals surface area contributed by atoms with Crippen molar-refractivity contribution in [2.24, 2.45) is 0 Å². The number of nitrogens with zero attached hydrogens (tertiary/aromatic N) is 3. The minimum atomic E-state index is -1.02. The van der Waals surface area contributed by atoms with Gasteiger partial charge in [-0.15, -0.1) is 0 Å². The molecule has 0 unspecified atom stereocenters. The molecular formula is C31H35ClFN3O4. The first kappa shape index (κ1) is 29.4. The molecule has 1 heterocycles. The molecule has 9 heteroatoms. The van der Waals surface area contributed by atoms with E-state index in [1.54, 1.807) is 53.2 Å². The number of rotatable bonds is 11. The molecule has 0 aliphatic carbocycles. The van der Waals surface area contributed by atoms with Crippen molar-refractivity contribution < 1.29 is 23.5 Å². The highest BCUT2D eigenvalue weighted by atomic mass is 35.5. The zero-order chi connectivity index (χ0) is 28.5. The average Bonchev–Trinajstić information content (AvgIpc) is 2.96. The SMILES string of the molecule is CN(Cc1ccccc1)C(=O)C[C@@]1(COc2ccc(Cl)cc2)CN(C(=O)CCN(C)c2ccc(F)cc2)CCO1. The molecule has 40 heavy (non-hydrogen) atoms. The quantitative estimate of drug-likeness (QED) is 0.325. The van der Waals surface area contributed by atoms with Crippen LogP contribution in [0.1, 0.15) is 18.4 Å². The van der Waals surface area contributed by atoms with Crippen LogP contribution in [0.25, 0.3) is 0 Å². The molecule has 0 bridgehead atoms. The molecule has 0 saturated carbocycles. The first-order valence-corrected chi connectivity index (χ1v) is 13.7. The Labute approximate surface area is 240 Å². The van der Waals surface area contributed by atoms with Crippen molar-refractivity contribution in [1.82, 2.24) is 9.80 Å². The second-order valence-electron chi connectivity index (χ2n) is 10.1. The van der Waals surface area contributed by atoms with Gasteiger partial charge in [-0.3, -0.25) is 9.59 Å². The number of carbonyl (C=O) groups excluding carboxylic acids is 2. The van der Waals surface area contributed by atoms with Gasteiger partial charge in [0.1, 0.15) is 23.8 Å². The summed E-state index contributed by atoms with van der Waals surface area (Å²) in [5.41, 5.74) is 0.837. The maximum atomic E-state index is 13.4. The van der Waals surface area contributed by atoms with E-state index in [0.29, 0.717) is 37.0 Å². The summed E-state index contributed by atoms with van der Waals surface area (Å²) in [6.07, 6.45) is 0.326. The second kappa shape index (κ2) is 13.6. The van der Waals surface area contributed by atoms with E-state index in [4.69, 9.17) is 21.1 Å². The van der Waals surface area contributed by atoms with Crippen molar-refractivity contribution >= 4 is 29.1 Å². The predicted molar refractivity (Wildman–Crippen MR) is 154 cm³/mol. The van der Waals surface area contributed by atoms with E-state index in [9.17, 15) is 14.0 Å². The number of halogens is 2. The Balaban J connectivity index is 1.43. The molecule has 0 N–H and O–H groups in total. The van der Waals surface area contributed by atoms with Gasteiger partial charge in [-0.2, -0.15) is 0 Å². The number of morpholine rings is 1. The molecule has 1 aliphatic heterocycles. The summed E-state index contributed by atoms with van der Waals surface area (Å²) in [4.78, 5) is 32.0. The zero-order valence-corrected chi connectivity index (χ0v) is 23.6. The summed E-state index contributed by atoms with van der Waals surface area (Å²) in [6, 6.07) is 22.9. The Kier molecular flexibility index (Phi) is 10.0. The van der Waals surface area contributed by atoms with Crippen LogP contribution < -0.4 is 9.64 Å². The summed E-state index contributed by atoms with van der Waals surface area (Å²) in [5.74, 6) is 0.150. The zero-order valence-electron chi connectivity index (χ0n) is 22.9. The minimum absolute atomic E-state index is 0.0433. The van der Waals surface area contributed by atoms with E-state index in [1.165, 1.54) is 12.1 Å². The fourth-order valence-corrected chi connectivity index (χ4v) is 4.78. The Bertz CT molecular complexity index is 1260. The smallest absolute Gasteiger partial charge is 0.225 e. The molecule has 1 fully saturated rings. The average molecular weight is 568 g/mol. The minimum Gasteiger partial charge on any atom is -0.490 e. The van der Waals surface area contributed by atoms with E-state index in [1.807, 2.05) is 42.3 Å². The number of anilines is 1. The van der Waals surface area contributed by atoms with Gasteiger partial charge in [-0.25, -0.2) is 4.39 Å². The van der Waals surface area contributed by atoms with E-state index in [2.05, 4.69) is 0 Å². The summed E-state index contributed by atoms with van der Waals surface area (Å²) < 4.78 is 25.6. The topological polar surface area (TPSA) is 62.3 Å². The van der Waals surface area contributed by atoms with Crippen molar-refractivity contribution in [3.05, 3.63) is 95.3 Å². The third kappa shape index (κ3) is 8.19. The third-order valence-corrected chi connectivity index (χ3v) is 7.26. The van der Waals surface area contributed by atoms with Gasteiger partial charge in [0.05, 0.1) is 19.6 Å². The van der Waals surface area contributed by atoms with Crippen LogP contribution in [0.4, 0.5) is 10.1 Å². The van der Waals surface area contributed by atoms with Crippen LogP contribution in [-0.2, 0) is 20.9 Å². The van der Waals surface area contributed by atoms with Gasteiger partial charge in [0.25, 0.3) is 0 Å². The lowest BCUT2D eigenvalue weighted by molar-refractivity contribution is -0.165. The Morgan fingerprint density at radius 2 is 1.73 bits per heavy atom. The Morgan fingerprint density at radius 1 is 1.02 bits per heavy atom. The number of ether oxygens (including phenoxy) is 2. The number of amides is 2. The molecule has 0 aromatic heterocycles. The molecule has 4 rings (SSSR count). The van der Waals surface area contributed by atoms with E-state index in [0.717, 1.165) is 11.3 Å². The van der Waals surface area contributed by atoms with Crippen LogP contribution in [0, 0.1) is 5.82 Å². The molecule has 0 spiro atoms. The van der Waals surface area contributed by atoms with Gasteiger partial charge >= 0.3 is 0 Å². The summed E-state index contributed by atoms with van der Waals surface area (Å²) in [5, 5.41) is 0.594. The van der Waals surface area contributed by atoms with Crippen molar-refractivity contribution in [2.75, 3.05) is 51.8 Å². The maximum Gasteiger partial charge on any atom is 0.225 e. The normalized spacial score (nSPS) is 16.9. The molecule has 7 nitrogen and oxygen atoms in total. The summed E-state index contributed by atoms with van der Waals surface area (Å²) >= 11 is 6.02. The van der Waals surface area contributed by atoms with Crippen LogP contribution in [0.15, 0.2) is 78.9 Å². The standard InChI is InChI=1S/C31H35ClFN3O4/c1-34(27-12-10-26(33)11-13-27)17-16-29(37)36-18-19-40-31(22-36,23-39-28-14-8-25(32)9-15-28)20-30(38)35(2)21-24-6-4-3-5-7-24/h3-15H,16-23H2,1-2H3/t31-/m0/s1. The Hall–Kier alpha value is -3.62. The van der Waals surface area contributed by atoms with Crippen LogP contribution in [0.2, 0.25) is 5.02 Å². The third-order valence-electron chi connectivity index (χ3n) is 7.01. The van der Waals surface area contributed by atoms with Gasteiger partial charge in [-0.05, 0) is 54.1 Å². The number of hydrogen-bond donors (Lipinski definition) is 0. The van der Waals surface area contributed by atoms with Gasteiger partial charge in [0.15, 0.2) is 0 Å². The summed E-state index contributed by atoms with van der Waals surface area (Å²) in [6.45, 7) is 1.97. The largest absolute Gasteiger partial charge is 0.490 e. The lowest BCUT2D eigenvalue weighted by Crippen LogP contribution is -2.58. The predicted octanol–water partition coefficient (Wildman–Crippen LogP) is 5.03. The van der Waals surface area contributed by atoms with E-state index < -0.39 is 5.60 Å². The van der Waals surface area contributed by atoms with Crippen LogP contribution in [-0.4, -0.2) is 74.2 Å². The molecule has 1 saturated heterocycles. The van der Waals surface area contributed by atoms with Crippen molar-refractivity contribution in [1.29, 1.82) is 0 Å².